The highest BCUT2D eigenvalue weighted by Gasteiger charge is 2.39. The molecule has 0 saturated heterocycles. The first-order valence-corrected chi connectivity index (χ1v) is 6.00. The molecule has 2 aromatic carbocycles. The molecule has 0 bridgehead atoms. The summed E-state index contributed by atoms with van der Waals surface area (Å²) in [7, 11) is 0. The van der Waals surface area contributed by atoms with E-state index in [1.165, 1.54) is 24.3 Å². The van der Waals surface area contributed by atoms with Crippen LogP contribution in [0, 0.1) is 16.8 Å². The van der Waals surface area contributed by atoms with E-state index in [4.69, 9.17) is 11.6 Å². The van der Waals surface area contributed by atoms with Crippen molar-refractivity contribution in [2.75, 3.05) is 0 Å². The van der Waals surface area contributed by atoms with Crippen LogP contribution in [0.5, 0.6) is 0 Å². The Hall–Kier alpha value is -2.27. The fraction of sp³-hybridized carbons (Fsp3) is 0. The van der Waals surface area contributed by atoms with Crippen molar-refractivity contribution in [2.45, 2.75) is 0 Å². The van der Waals surface area contributed by atoms with E-state index in [0.717, 1.165) is 12.1 Å². The second kappa shape index (κ2) is 4.38. The van der Waals surface area contributed by atoms with Gasteiger partial charge in [0.2, 0.25) is 0 Å². The number of benzene rings is 2. The van der Waals surface area contributed by atoms with Gasteiger partial charge in [0.25, 0.3) is 17.2 Å². The number of nitrogens with zero attached hydrogens (tertiary/aromatic N) is 1. The van der Waals surface area contributed by atoms with Crippen LogP contribution in [0.1, 0.15) is 15.9 Å². The van der Waals surface area contributed by atoms with E-state index in [9.17, 15) is 18.8 Å². The minimum atomic E-state index is -0.887. The van der Waals surface area contributed by atoms with E-state index in [0.29, 0.717) is 0 Å². The number of ketones is 1. The molecule has 0 fully saturated rings. The molecule has 6 heteroatoms. The number of hydrogen-bond donors (Lipinski definition) is 0. The topological polar surface area (TPSA) is 43.1 Å². The largest absolute Gasteiger partial charge is 0.618 e. The molecule has 100 valence electrons. The Morgan fingerprint density at radius 3 is 2.60 bits per heavy atom. The Morgan fingerprint density at radius 1 is 1.15 bits per heavy atom. The van der Waals surface area contributed by atoms with Gasteiger partial charge in [0.1, 0.15) is 11.4 Å². The third-order valence-corrected chi connectivity index (χ3v) is 3.21. The number of fused-ring (bicyclic) bond motifs is 1. The van der Waals surface area contributed by atoms with Crippen LogP contribution in [-0.4, -0.2) is 16.2 Å². The summed E-state index contributed by atoms with van der Waals surface area (Å²) >= 11 is 5.68. The second-order valence-electron chi connectivity index (χ2n) is 4.27. The van der Waals surface area contributed by atoms with Gasteiger partial charge in [-0.3, -0.25) is 4.79 Å². The van der Waals surface area contributed by atoms with Gasteiger partial charge in [-0.05, 0) is 30.3 Å². The van der Waals surface area contributed by atoms with E-state index in [1.807, 2.05) is 0 Å². The quantitative estimate of drug-likeness (QED) is 0.597. The molecule has 0 aromatic heterocycles. The molecule has 1 heterocycles. The van der Waals surface area contributed by atoms with Crippen molar-refractivity contribution < 1.29 is 18.3 Å². The van der Waals surface area contributed by atoms with Gasteiger partial charge in [0.05, 0.1) is 5.56 Å². The van der Waals surface area contributed by atoms with Crippen LogP contribution < -0.4 is 0 Å². The van der Waals surface area contributed by atoms with E-state index in [2.05, 4.69) is 0 Å². The van der Waals surface area contributed by atoms with Crippen molar-refractivity contribution in [3.63, 3.8) is 0 Å². The Labute approximate surface area is 117 Å². The van der Waals surface area contributed by atoms with Crippen molar-refractivity contribution in [1.82, 2.24) is 0 Å². The van der Waals surface area contributed by atoms with E-state index in [1.54, 1.807) is 0 Å². The average molecular weight is 294 g/mol. The third-order valence-electron chi connectivity index (χ3n) is 2.99. The zero-order chi connectivity index (χ0) is 14.4. The zero-order valence-electron chi connectivity index (χ0n) is 9.86. The lowest BCUT2D eigenvalue weighted by Gasteiger charge is -2.03. The fourth-order valence-electron chi connectivity index (χ4n) is 2.16. The number of halogens is 3. The van der Waals surface area contributed by atoms with Gasteiger partial charge in [-0.25, -0.2) is 4.39 Å². The summed E-state index contributed by atoms with van der Waals surface area (Å²) < 4.78 is 27.2. The van der Waals surface area contributed by atoms with Gasteiger partial charge in [0.15, 0.2) is 5.82 Å². The van der Waals surface area contributed by atoms with Crippen LogP contribution in [0.15, 0.2) is 36.4 Å². The smallest absolute Gasteiger partial charge is 0.273 e. The fourth-order valence-corrected chi connectivity index (χ4v) is 2.37. The minimum absolute atomic E-state index is 0.0171. The molecule has 20 heavy (non-hydrogen) atoms. The number of rotatable bonds is 1. The molecule has 0 radical (unpaired) electrons. The van der Waals surface area contributed by atoms with Crippen LogP contribution in [0.2, 0.25) is 5.02 Å². The number of carbonyl (C=O) groups is 1. The SMILES string of the molecule is O=C1C(c2cccc(F)c2)=[N+]([O-])c2c(F)cc(Cl)cc21. The van der Waals surface area contributed by atoms with Gasteiger partial charge < -0.3 is 5.21 Å². The molecular weight excluding hydrogens is 288 g/mol. The summed E-state index contributed by atoms with van der Waals surface area (Å²) in [6, 6.07) is 7.18. The summed E-state index contributed by atoms with van der Waals surface area (Å²) in [5.74, 6) is -2.16. The highest BCUT2D eigenvalue weighted by molar-refractivity contribution is 6.52. The van der Waals surface area contributed by atoms with E-state index in [-0.39, 0.29) is 26.6 Å². The molecule has 0 atom stereocenters. The lowest BCUT2D eigenvalue weighted by atomic mass is 10.0. The third kappa shape index (κ3) is 1.78. The van der Waals surface area contributed by atoms with Gasteiger partial charge in [-0.1, -0.05) is 17.7 Å². The van der Waals surface area contributed by atoms with Crippen LogP contribution in [0.4, 0.5) is 14.5 Å². The molecule has 0 N–H and O–H groups in total. The predicted molar refractivity (Wildman–Crippen MR) is 69.5 cm³/mol. The maximum atomic E-state index is 13.8. The van der Waals surface area contributed by atoms with E-state index < -0.39 is 23.1 Å². The van der Waals surface area contributed by atoms with Crippen LogP contribution in [-0.2, 0) is 0 Å². The van der Waals surface area contributed by atoms with Gasteiger partial charge in [0, 0.05) is 5.02 Å². The Balaban J connectivity index is 2.25. The summed E-state index contributed by atoms with van der Waals surface area (Å²) in [6.45, 7) is 0. The molecule has 1 aliphatic rings. The normalized spacial score (nSPS) is 13.8. The monoisotopic (exact) mass is 293 g/mol. The molecule has 0 saturated carbocycles. The lowest BCUT2D eigenvalue weighted by Crippen LogP contribution is -2.16. The highest BCUT2D eigenvalue weighted by Crippen LogP contribution is 2.33. The molecule has 0 aliphatic carbocycles. The summed E-state index contributed by atoms with van der Waals surface area (Å²) in [5, 5.41) is 12.1. The Bertz CT molecular complexity index is 787. The molecule has 0 spiro atoms. The summed E-state index contributed by atoms with van der Waals surface area (Å²) in [5.41, 5.74) is -0.736. The predicted octanol–water partition coefficient (Wildman–Crippen LogP) is 3.45. The molecular formula is C14H6ClF2NO2. The van der Waals surface area contributed by atoms with Crippen molar-refractivity contribution in [2.24, 2.45) is 0 Å². The van der Waals surface area contributed by atoms with Gasteiger partial charge in [-0.2, -0.15) is 9.13 Å². The van der Waals surface area contributed by atoms with Gasteiger partial charge in [-0.15, -0.1) is 0 Å². The summed E-state index contributed by atoms with van der Waals surface area (Å²) in [6.07, 6.45) is 0. The van der Waals surface area contributed by atoms with Crippen LogP contribution in [0.25, 0.3) is 0 Å². The van der Waals surface area contributed by atoms with E-state index >= 15 is 0 Å². The van der Waals surface area contributed by atoms with Crippen molar-refractivity contribution in [3.8, 4) is 0 Å². The second-order valence-corrected chi connectivity index (χ2v) is 4.70. The molecule has 3 rings (SSSR count). The van der Waals surface area contributed by atoms with Crippen LogP contribution >= 0.6 is 11.6 Å². The minimum Gasteiger partial charge on any atom is -0.618 e. The standard InChI is InChI=1S/C14H6ClF2NO2/c15-8-5-10-13(11(17)6-8)18(20)12(14(10)19)7-2-1-3-9(16)4-7/h1-6H. The molecule has 2 aromatic rings. The number of Topliss-reactive ketones (excluding diaryl/α,β-unsaturated/α-hetero) is 1. The zero-order valence-corrected chi connectivity index (χ0v) is 10.6. The first-order valence-electron chi connectivity index (χ1n) is 5.63. The molecule has 0 unspecified atom stereocenters. The maximum Gasteiger partial charge on any atom is 0.273 e. The highest BCUT2D eigenvalue weighted by atomic mass is 35.5. The molecule has 0 amide bonds. The maximum absolute atomic E-state index is 13.8. The van der Waals surface area contributed by atoms with Crippen molar-refractivity contribution in [1.29, 1.82) is 0 Å². The van der Waals surface area contributed by atoms with Crippen molar-refractivity contribution in [3.05, 3.63) is 69.4 Å². The number of carbonyl (C=O) groups excluding carboxylic acids is 1. The summed E-state index contributed by atoms with van der Waals surface area (Å²) in [4.78, 5) is 12.2. The first-order chi connectivity index (χ1) is 9.49. The van der Waals surface area contributed by atoms with Crippen molar-refractivity contribution >= 4 is 28.8 Å². The van der Waals surface area contributed by atoms with Crippen LogP contribution in [0.3, 0.4) is 0 Å². The first kappa shape index (κ1) is 12.7. The molecule has 3 nitrogen and oxygen atoms in total. The molecule has 1 aliphatic heterocycles. The Morgan fingerprint density at radius 2 is 1.90 bits per heavy atom. The number of hydrogen-bond acceptors (Lipinski definition) is 2. The Kier molecular flexibility index (Phi) is 2.79. The van der Waals surface area contributed by atoms with Gasteiger partial charge >= 0.3 is 0 Å². The average Bonchev–Trinajstić information content (AvgIpc) is 2.61. The lowest BCUT2D eigenvalue weighted by molar-refractivity contribution is -0.358.